The molecule has 148 valence electrons. The minimum absolute atomic E-state index is 0.0211. The van der Waals surface area contributed by atoms with E-state index in [0.717, 1.165) is 37.1 Å². The third kappa shape index (κ3) is 5.52. The van der Waals surface area contributed by atoms with Crippen LogP contribution < -0.4 is 15.5 Å². The van der Waals surface area contributed by atoms with Gasteiger partial charge in [0.1, 0.15) is 0 Å². The van der Waals surface area contributed by atoms with Crippen molar-refractivity contribution in [1.82, 2.24) is 15.3 Å². The standard InChI is InChI=1S/C21H27N5O2/c1-2-5-19(27)25-18-9-7-16(8-10-18)14-24-20(28)17-6-3-13-26(15-17)21-22-11-4-12-23-21/h4,7-12,17H,2-3,5-6,13-15H2,1H3,(H,24,28)(H,25,27). The number of benzene rings is 1. The van der Waals surface area contributed by atoms with Crippen molar-refractivity contribution in [3.63, 3.8) is 0 Å². The van der Waals surface area contributed by atoms with Crippen molar-refractivity contribution >= 4 is 23.5 Å². The van der Waals surface area contributed by atoms with Gasteiger partial charge in [0.05, 0.1) is 5.92 Å². The smallest absolute Gasteiger partial charge is 0.225 e. The minimum Gasteiger partial charge on any atom is -0.352 e. The van der Waals surface area contributed by atoms with Gasteiger partial charge in [-0.15, -0.1) is 0 Å². The van der Waals surface area contributed by atoms with Gasteiger partial charge in [-0.05, 0) is 43.0 Å². The summed E-state index contributed by atoms with van der Waals surface area (Å²) in [6, 6.07) is 9.37. The van der Waals surface area contributed by atoms with E-state index in [9.17, 15) is 9.59 Å². The molecule has 28 heavy (non-hydrogen) atoms. The highest BCUT2D eigenvalue weighted by Crippen LogP contribution is 2.20. The molecule has 1 aliphatic rings. The van der Waals surface area contributed by atoms with E-state index in [-0.39, 0.29) is 17.7 Å². The van der Waals surface area contributed by atoms with Gasteiger partial charge in [0.15, 0.2) is 0 Å². The molecule has 1 atom stereocenters. The van der Waals surface area contributed by atoms with Crippen LogP contribution in [-0.2, 0) is 16.1 Å². The summed E-state index contributed by atoms with van der Waals surface area (Å²) >= 11 is 0. The fourth-order valence-electron chi connectivity index (χ4n) is 3.32. The van der Waals surface area contributed by atoms with Gasteiger partial charge >= 0.3 is 0 Å². The van der Waals surface area contributed by atoms with Gasteiger partial charge in [-0.25, -0.2) is 9.97 Å². The van der Waals surface area contributed by atoms with E-state index in [0.29, 0.717) is 25.5 Å². The lowest BCUT2D eigenvalue weighted by Crippen LogP contribution is -2.43. The van der Waals surface area contributed by atoms with Crippen LogP contribution in [0.25, 0.3) is 0 Å². The molecule has 1 aliphatic heterocycles. The van der Waals surface area contributed by atoms with Gasteiger partial charge in [0.2, 0.25) is 17.8 Å². The van der Waals surface area contributed by atoms with Crippen molar-refractivity contribution in [3.05, 3.63) is 48.3 Å². The molecule has 0 saturated carbocycles. The number of nitrogens with zero attached hydrogens (tertiary/aromatic N) is 3. The Kier molecular flexibility index (Phi) is 6.94. The second kappa shape index (κ2) is 9.82. The predicted molar refractivity (Wildman–Crippen MR) is 109 cm³/mol. The first-order valence-corrected chi connectivity index (χ1v) is 9.84. The Hall–Kier alpha value is -2.96. The maximum Gasteiger partial charge on any atom is 0.225 e. The summed E-state index contributed by atoms with van der Waals surface area (Å²) in [5.74, 6) is 0.694. The molecule has 0 spiro atoms. The number of anilines is 2. The molecular weight excluding hydrogens is 354 g/mol. The molecule has 7 heteroatoms. The van der Waals surface area contributed by atoms with E-state index in [1.165, 1.54) is 0 Å². The van der Waals surface area contributed by atoms with Crippen molar-refractivity contribution in [1.29, 1.82) is 0 Å². The van der Waals surface area contributed by atoms with Crippen molar-refractivity contribution in [2.24, 2.45) is 5.92 Å². The predicted octanol–water partition coefficient (Wildman–Crippen LogP) is 2.75. The van der Waals surface area contributed by atoms with E-state index < -0.39 is 0 Å². The summed E-state index contributed by atoms with van der Waals surface area (Å²) in [7, 11) is 0. The Morgan fingerprint density at radius 3 is 2.64 bits per heavy atom. The third-order valence-electron chi connectivity index (χ3n) is 4.81. The van der Waals surface area contributed by atoms with Crippen LogP contribution in [0.2, 0.25) is 0 Å². The van der Waals surface area contributed by atoms with Crippen molar-refractivity contribution in [3.8, 4) is 0 Å². The monoisotopic (exact) mass is 381 g/mol. The molecule has 1 unspecified atom stereocenters. The molecule has 2 amide bonds. The number of amides is 2. The third-order valence-corrected chi connectivity index (χ3v) is 4.81. The number of nitrogens with one attached hydrogen (secondary N) is 2. The fourth-order valence-corrected chi connectivity index (χ4v) is 3.32. The van der Waals surface area contributed by atoms with Gasteiger partial charge in [0.25, 0.3) is 0 Å². The first-order chi connectivity index (χ1) is 13.7. The van der Waals surface area contributed by atoms with Crippen LogP contribution in [0.3, 0.4) is 0 Å². The summed E-state index contributed by atoms with van der Waals surface area (Å²) in [5.41, 5.74) is 1.78. The first-order valence-electron chi connectivity index (χ1n) is 9.84. The lowest BCUT2D eigenvalue weighted by atomic mass is 9.97. The molecule has 0 radical (unpaired) electrons. The number of carbonyl (C=O) groups excluding carboxylic acids is 2. The van der Waals surface area contributed by atoms with Gasteiger partial charge in [-0.1, -0.05) is 19.1 Å². The molecule has 0 aliphatic carbocycles. The number of piperidine rings is 1. The quantitative estimate of drug-likeness (QED) is 0.770. The first kappa shape index (κ1) is 19.8. The Morgan fingerprint density at radius 2 is 1.93 bits per heavy atom. The topological polar surface area (TPSA) is 87.2 Å². The van der Waals surface area contributed by atoms with E-state index >= 15 is 0 Å². The van der Waals surface area contributed by atoms with Crippen LogP contribution in [-0.4, -0.2) is 34.9 Å². The molecule has 1 aromatic carbocycles. The number of carbonyl (C=O) groups is 2. The minimum atomic E-state index is -0.0647. The van der Waals surface area contributed by atoms with Crippen molar-refractivity contribution < 1.29 is 9.59 Å². The molecule has 2 aromatic rings. The highest BCUT2D eigenvalue weighted by Gasteiger charge is 2.26. The Bertz CT molecular complexity index is 779. The lowest BCUT2D eigenvalue weighted by molar-refractivity contribution is -0.125. The van der Waals surface area contributed by atoms with E-state index in [1.54, 1.807) is 18.5 Å². The van der Waals surface area contributed by atoms with Crippen molar-refractivity contribution in [2.45, 2.75) is 39.2 Å². The number of aromatic nitrogens is 2. The average molecular weight is 381 g/mol. The maximum atomic E-state index is 12.6. The largest absolute Gasteiger partial charge is 0.352 e. The maximum absolute atomic E-state index is 12.6. The molecule has 3 rings (SSSR count). The van der Waals surface area contributed by atoms with Crippen LogP contribution in [0.4, 0.5) is 11.6 Å². The Balaban J connectivity index is 1.49. The SMILES string of the molecule is CCCC(=O)Nc1ccc(CNC(=O)C2CCCN(c3ncccn3)C2)cc1. The van der Waals surface area contributed by atoms with Gasteiger partial charge < -0.3 is 15.5 Å². The van der Waals surface area contributed by atoms with Gasteiger partial charge in [-0.2, -0.15) is 0 Å². The zero-order valence-electron chi connectivity index (χ0n) is 16.2. The Labute approximate surface area is 165 Å². The van der Waals surface area contributed by atoms with Gasteiger partial charge in [0, 0.05) is 44.1 Å². The molecule has 1 aromatic heterocycles. The molecule has 2 N–H and O–H groups in total. The molecule has 7 nitrogen and oxygen atoms in total. The highest BCUT2D eigenvalue weighted by molar-refractivity contribution is 5.90. The van der Waals surface area contributed by atoms with Crippen LogP contribution in [0.5, 0.6) is 0 Å². The van der Waals surface area contributed by atoms with Crippen LogP contribution in [0.1, 0.15) is 38.2 Å². The number of hydrogen-bond acceptors (Lipinski definition) is 5. The molecule has 1 saturated heterocycles. The van der Waals surface area contributed by atoms with E-state index in [2.05, 4.69) is 25.5 Å². The summed E-state index contributed by atoms with van der Waals surface area (Å²) in [5, 5.41) is 5.89. The average Bonchev–Trinajstić information content (AvgIpc) is 2.74. The van der Waals surface area contributed by atoms with Crippen molar-refractivity contribution in [2.75, 3.05) is 23.3 Å². The molecular formula is C21H27N5O2. The summed E-state index contributed by atoms with van der Waals surface area (Å²) < 4.78 is 0. The van der Waals surface area contributed by atoms with E-state index in [1.807, 2.05) is 31.2 Å². The highest BCUT2D eigenvalue weighted by atomic mass is 16.2. The summed E-state index contributed by atoms with van der Waals surface area (Å²) in [4.78, 5) is 34.9. The summed E-state index contributed by atoms with van der Waals surface area (Å²) in [6.07, 6.45) is 6.61. The molecule has 1 fully saturated rings. The second-order valence-electron chi connectivity index (χ2n) is 7.05. The fraction of sp³-hybridized carbons (Fsp3) is 0.429. The van der Waals surface area contributed by atoms with Crippen LogP contribution >= 0.6 is 0 Å². The van der Waals surface area contributed by atoms with Crippen LogP contribution in [0.15, 0.2) is 42.7 Å². The molecule has 2 heterocycles. The van der Waals surface area contributed by atoms with Gasteiger partial charge in [-0.3, -0.25) is 9.59 Å². The number of hydrogen-bond donors (Lipinski definition) is 2. The molecule has 0 bridgehead atoms. The Morgan fingerprint density at radius 1 is 1.18 bits per heavy atom. The second-order valence-corrected chi connectivity index (χ2v) is 7.05. The summed E-state index contributed by atoms with van der Waals surface area (Å²) in [6.45, 7) is 3.96. The number of rotatable bonds is 7. The lowest BCUT2D eigenvalue weighted by Gasteiger charge is -2.31. The van der Waals surface area contributed by atoms with Crippen LogP contribution in [0, 0.1) is 5.92 Å². The van der Waals surface area contributed by atoms with E-state index in [4.69, 9.17) is 0 Å². The normalized spacial score (nSPS) is 16.5. The zero-order valence-corrected chi connectivity index (χ0v) is 16.2. The zero-order chi connectivity index (χ0) is 19.8.